The summed E-state index contributed by atoms with van der Waals surface area (Å²) in [5.41, 5.74) is 2.41. The molecule has 188 valence electrons. The van der Waals surface area contributed by atoms with Crippen LogP contribution in [0.5, 0.6) is 11.5 Å². The standard InChI is InChI=1S/C28H28O8/c1-2-3-13-33-27(31)19-35-24-11-9-21(10-12-24)22-14-23(16-25(15-22)34-18-26(29)30)28(32)36-17-20-7-5-4-6-8-20/h4-12,14-16H,2-3,13,17-19H2,1H3,(H,29,30). The van der Waals surface area contributed by atoms with Gasteiger partial charge in [0.15, 0.2) is 13.2 Å². The zero-order valence-corrected chi connectivity index (χ0v) is 20.0. The van der Waals surface area contributed by atoms with E-state index in [1.54, 1.807) is 36.4 Å². The van der Waals surface area contributed by atoms with E-state index in [1.807, 2.05) is 37.3 Å². The van der Waals surface area contributed by atoms with E-state index in [2.05, 4.69) is 0 Å². The first-order chi connectivity index (χ1) is 17.4. The first-order valence-electron chi connectivity index (χ1n) is 11.5. The van der Waals surface area contributed by atoms with Crippen molar-refractivity contribution in [1.82, 2.24) is 0 Å². The number of hydrogen-bond donors (Lipinski definition) is 1. The number of carboxylic acids is 1. The molecule has 3 rings (SSSR count). The summed E-state index contributed by atoms with van der Waals surface area (Å²) in [6, 6.07) is 20.9. The van der Waals surface area contributed by atoms with Gasteiger partial charge in [0.1, 0.15) is 18.1 Å². The van der Waals surface area contributed by atoms with Gasteiger partial charge in [-0.15, -0.1) is 0 Å². The molecular formula is C28H28O8. The Labute approximate surface area is 209 Å². The normalized spacial score (nSPS) is 10.4. The highest BCUT2D eigenvalue weighted by atomic mass is 16.6. The van der Waals surface area contributed by atoms with Gasteiger partial charge in [0, 0.05) is 0 Å². The summed E-state index contributed by atoms with van der Waals surface area (Å²) in [6.45, 7) is 1.73. The number of ether oxygens (including phenoxy) is 4. The molecule has 0 bridgehead atoms. The Morgan fingerprint density at radius 1 is 0.778 bits per heavy atom. The molecule has 0 spiro atoms. The minimum Gasteiger partial charge on any atom is -0.482 e. The van der Waals surface area contributed by atoms with Crippen LogP contribution in [0.25, 0.3) is 11.1 Å². The molecule has 36 heavy (non-hydrogen) atoms. The summed E-state index contributed by atoms with van der Waals surface area (Å²) in [6.07, 6.45) is 1.74. The van der Waals surface area contributed by atoms with E-state index in [9.17, 15) is 14.4 Å². The maximum atomic E-state index is 12.7. The predicted octanol–water partition coefficient (Wildman–Crippen LogP) is 4.90. The van der Waals surface area contributed by atoms with Crippen LogP contribution in [0, 0.1) is 0 Å². The number of hydrogen-bond acceptors (Lipinski definition) is 7. The van der Waals surface area contributed by atoms with Crippen LogP contribution in [0.4, 0.5) is 0 Å². The van der Waals surface area contributed by atoms with Crippen molar-refractivity contribution in [3.8, 4) is 22.6 Å². The van der Waals surface area contributed by atoms with Crippen molar-refractivity contribution in [2.24, 2.45) is 0 Å². The lowest BCUT2D eigenvalue weighted by Gasteiger charge is -2.12. The zero-order chi connectivity index (χ0) is 25.8. The highest BCUT2D eigenvalue weighted by molar-refractivity contribution is 5.92. The molecule has 1 N–H and O–H groups in total. The third kappa shape index (κ3) is 8.47. The van der Waals surface area contributed by atoms with E-state index in [0.29, 0.717) is 17.9 Å². The zero-order valence-electron chi connectivity index (χ0n) is 20.0. The largest absolute Gasteiger partial charge is 0.482 e. The number of carboxylic acid groups (broad SMARTS) is 1. The molecule has 0 atom stereocenters. The van der Waals surface area contributed by atoms with E-state index < -0.39 is 24.5 Å². The summed E-state index contributed by atoms with van der Waals surface area (Å²) >= 11 is 0. The van der Waals surface area contributed by atoms with Crippen LogP contribution >= 0.6 is 0 Å². The van der Waals surface area contributed by atoms with Gasteiger partial charge >= 0.3 is 17.9 Å². The quantitative estimate of drug-likeness (QED) is 0.265. The van der Waals surface area contributed by atoms with Gasteiger partial charge in [-0.3, -0.25) is 0 Å². The number of unbranched alkanes of at least 4 members (excludes halogenated alkanes) is 1. The molecular weight excluding hydrogens is 464 g/mol. The van der Waals surface area contributed by atoms with Crippen molar-refractivity contribution in [2.75, 3.05) is 19.8 Å². The molecule has 0 aliphatic carbocycles. The van der Waals surface area contributed by atoms with Crippen LogP contribution < -0.4 is 9.47 Å². The first-order valence-corrected chi connectivity index (χ1v) is 11.5. The molecule has 3 aromatic carbocycles. The van der Waals surface area contributed by atoms with E-state index in [4.69, 9.17) is 24.1 Å². The van der Waals surface area contributed by atoms with E-state index in [-0.39, 0.29) is 24.5 Å². The average Bonchev–Trinajstić information content (AvgIpc) is 2.90. The van der Waals surface area contributed by atoms with Gasteiger partial charge in [0.05, 0.1) is 12.2 Å². The Kier molecular flexibility index (Phi) is 9.88. The maximum Gasteiger partial charge on any atom is 0.344 e. The van der Waals surface area contributed by atoms with Crippen molar-refractivity contribution >= 4 is 17.9 Å². The SMILES string of the molecule is CCCCOC(=O)COc1ccc(-c2cc(OCC(=O)O)cc(C(=O)OCc3ccccc3)c2)cc1. The fourth-order valence-corrected chi connectivity index (χ4v) is 3.18. The van der Waals surface area contributed by atoms with Crippen LogP contribution in [0.15, 0.2) is 72.8 Å². The van der Waals surface area contributed by atoms with Gasteiger partial charge in [0.2, 0.25) is 0 Å². The highest BCUT2D eigenvalue weighted by Gasteiger charge is 2.14. The summed E-state index contributed by atoms with van der Waals surface area (Å²) in [7, 11) is 0. The second-order valence-corrected chi connectivity index (χ2v) is 7.88. The van der Waals surface area contributed by atoms with Crippen LogP contribution in [0.2, 0.25) is 0 Å². The summed E-state index contributed by atoms with van der Waals surface area (Å²) in [5.74, 6) is -1.44. The molecule has 0 saturated carbocycles. The van der Waals surface area contributed by atoms with E-state index >= 15 is 0 Å². The molecule has 8 nitrogen and oxygen atoms in total. The summed E-state index contributed by atoms with van der Waals surface area (Å²) < 4.78 is 21.3. The molecule has 0 saturated heterocycles. The van der Waals surface area contributed by atoms with E-state index in [0.717, 1.165) is 24.0 Å². The van der Waals surface area contributed by atoms with Crippen molar-refractivity contribution < 1.29 is 38.4 Å². The second-order valence-electron chi connectivity index (χ2n) is 7.88. The monoisotopic (exact) mass is 492 g/mol. The smallest absolute Gasteiger partial charge is 0.344 e. The van der Waals surface area contributed by atoms with Crippen LogP contribution in [0.1, 0.15) is 35.7 Å². The third-order valence-corrected chi connectivity index (χ3v) is 5.02. The molecule has 0 unspecified atom stereocenters. The topological polar surface area (TPSA) is 108 Å². The fraction of sp³-hybridized carbons (Fsp3) is 0.250. The highest BCUT2D eigenvalue weighted by Crippen LogP contribution is 2.28. The molecule has 0 heterocycles. The summed E-state index contributed by atoms with van der Waals surface area (Å²) in [5, 5.41) is 8.97. The summed E-state index contributed by atoms with van der Waals surface area (Å²) in [4.78, 5) is 35.4. The van der Waals surface area contributed by atoms with Crippen molar-refractivity contribution in [1.29, 1.82) is 0 Å². The predicted molar refractivity (Wildman–Crippen MR) is 132 cm³/mol. The Bertz CT molecular complexity index is 1160. The number of benzene rings is 3. The van der Waals surface area contributed by atoms with Crippen molar-refractivity contribution in [3.05, 3.63) is 83.9 Å². The lowest BCUT2D eigenvalue weighted by atomic mass is 10.0. The Balaban J connectivity index is 1.72. The first kappa shape index (κ1) is 26.3. The van der Waals surface area contributed by atoms with Gasteiger partial charge in [-0.05, 0) is 53.4 Å². The van der Waals surface area contributed by atoms with Gasteiger partial charge < -0.3 is 24.1 Å². The minimum atomic E-state index is -1.14. The molecule has 0 aromatic heterocycles. The Morgan fingerprint density at radius 3 is 2.19 bits per heavy atom. The lowest BCUT2D eigenvalue weighted by molar-refractivity contribution is -0.146. The van der Waals surface area contributed by atoms with Gasteiger partial charge in [0.25, 0.3) is 0 Å². The van der Waals surface area contributed by atoms with Gasteiger partial charge in [-0.1, -0.05) is 55.8 Å². The molecule has 0 amide bonds. The number of rotatable bonds is 13. The van der Waals surface area contributed by atoms with Crippen LogP contribution in [0.3, 0.4) is 0 Å². The van der Waals surface area contributed by atoms with Crippen molar-refractivity contribution in [2.45, 2.75) is 26.4 Å². The minimum absolute atomic E-state index is 0.0993. The Morgan fingerprint density at radius 2 is 1.50 bits per heavy atom. The maximum absolute atomic E-state index is 12.7. The van der Waals surface area contributed by atoms with Crippen LogP contribution in [-0.2, 0) is 25.7 Å². The molecule has 0 aliphatic rings. The molecule has 0 aliphatic heterocycles. The Hall–Kier alpha value is -4.33. The third-order valence-electron chi connectivity index (χ3n) is 5.02. The van der Waals surface area contributed by atoms with Crippen molar-refractivity contribution in [3.63, 3.8) is 0 Å². The van der Waals surface area contributed by atoms with Gasteiger partial charge in [-0.25, -0.2) is 14.4 Å². The molecule has 3 aromatic rings. The number of carbonyl (C=O) groups is 3. The molecule has 0 fully saturated rings. The van der Waals surface area contributed by atoms with E-state index in [1.165, 1.54) is 6.07 Å². The number of esters is 2. The number of aliphatic carboxylic acids is 1. The fourth-order valence-electron chi connectivity index (χ4n) is 3.18. The molecule has 8 heteroatoms. The van der Waals surface area contributed by atoms with Crippen LogP contribution in [-0.4, -0.2) is 42.8 Å². The average molecular weight is 493 g/mol. The van der Waals surface area contributed by atoms with Gasteiger partial charge in [-0.2, -0.15) is 0 Å². The lowest BCUT2D eigenvalue weighted by Crippen LogP contribution is -2.15. The number of carbonyl (C=O) groups excluding carboxylic acids is 2. The molecule has 0 radical (unpaired) electrons. The second kappa shape index (κ2) is 13.5.